The zero-order valence-corrected chi connectivity index (χ0v) is 19.5. The van der Waals surface area contributed by atoms with Gasteiger partial charge >= 0.3 is 0 Å². The fourth-order valence-corrected chi connectivity index (χ4v) is 5.21. The summed E-state index contributed by atoms with van der Waals surface area (Å²) in [5.41, 5.74) is 9.90. The lowest BCUT2D eigenvalue weighted by Crippen LogP contribution is -2.39. The first kappa shape index (κ1) is 21.2. The van der Waals surface area contributed by atoms with Crippen LogP contribution in [0.25, 0.3) is 5.65 Å². The SMILES string of the molecule is Cc1cn2nc([C@@H]3CCCCN3C(=O)c3c(Cl)c(C)nn3C)cc2nc1N1CC[C@H](N)C1. The van der Waals surface area contributed by atoms with Crippen LogP contribution >= 0.6 is 11.6 Å². The van der Waals surface area contributed by atoms with Gasteiger partial charge in [-0.2, -0.15) is 10.2 Å². The summed E-state index contributed by atoms with van der Waals surface area (Å²) >= 11 is 6.42. The molecule has 2 N–H and O–H groups in total. The summed E-state index contributed by atoms with van der Waals surface area (Å²) in [6, 6.07) is 2.08. The van der Waals surface area contributed by atoms with Crippen LogP contribution in [-0.2, 0) is 7.05 Å². The van der Waals surface area contributed by atoms with E-state index < -0.39 is 0 Å². The van der Waals surface area contributed by atoms with Gasteiger partial charge in [-0.1, -0.05) is 11.6 Å². The van der Waals surface area contributed by atoms with E-state index in [1.54, 1.807) is 11.7 Å². The van der Waals surface area contributed by atoms with Gasteiger partial charge < -0.3 is 15.5 Å². The fraction of sp³-hybridized carbons (Fsp3) is 0.545. The number of fused-ring (bicyclic) bond motifs is 1. The number of carbonyl (C=O) groups is 1. The Hall–Kier alpha value is -2.65. The van der Waals surface area contributed by atoms with E-state index >= 15 is 0 Å². The summed E-state index contributed by atoms with van der Waals surface area (Å²) in [5.74, 6) is 0.862. The quantitative estimate of drug-likeness (QED) is 0.650. The summed E-state index contributed by atoms with van der Waals surface area (Å²) < 4.78 is 3.40. The number of nitrogens with two attached hydrogens (primary N) is 1. The highest BCUT2D eigenvalue weighted by Gasteiger charge is 2.34. The van der Waals surface area contributed by atoms with Crippen molar-refractivity contribution < 1.29 is 4.79 Å². The molecule has 5 heterocycles. The molecule has 2 saturated heterocycles. The number of anilines is 1. The molecule has 10 heteroatoms. The monoisotopic (exact) mass is 456 g/mol. The number of aromatic nitrogens is 5. The van der Waals surface area contributed by atoms with E-state index in [0.29, 0.717) is 23.0 Å². The van der Waals surface area contributed by atoms with Crippen molar-refractivity contribution in [1.82, 2.24) is 29.3 Å². The molecule has 1 amide bonds. The number of halogens is 1. The Morgan fingerprint density at radius 3 is 2.69 bits per heavy atom. The lowest BCUT2D eigenvalue weighted by Gasteiger charge is -2.34. The third-order valence-corrected chi connectivity index (χ3v) is 7.06. The minimum Gasteiger partial charge on any atom is -0.355 e. The Balaban J connectivity index is 1.49. The van der Waals surface area contributed by atoms with Crippen LogP contribution < -0.4 is 10.6 Å². The predicted octanol–water partition coefficient (Wildman–Crippen LogP) is 2.64. The van der Waals surface area contributed by atoms with Crippen LogP contribution in [-0.4, -0.2) is 60.9 Å². The molecule has 0 aromatic carbocycles. The lowest BCUT2D eigenvalue weighted by atomic mass is 9.99. The average molecular weight is 457 g/mol. The van der Waals surface area contributed by atoms with Crippen LogP contribution in [0.15, 0.2) is 12.3 Å². The van der Waals surface area contributed by atoms with Crippen LogP contribution in [0.1, 0.15) is 59.2 Å². The second kappa shape index (κ2) is 8.04. The Bertz CT molecular complexity index is 1180. The third kappa shape index (κ3) is 3.53. The number of rotatable bonds is 3. The van der Waals surface area contributed by atoms with Crippen molar-refractivity contribution in [3.8, 4) is 0 Å². The second-order valence-corrected chi connectivity index (χ2v) is 9.37. The van der Waals surface area contributed by atoms with Gasteiger partial charge in [0.1, 0.15) is 11.5 Å². The highest BCUT2D eigenvalue weighted by molar-refractivity contribution is 6.34. The first-order chi connectivity index (χ1) is 15.3. The molecule has 32 heavy (non-hydrogen) atoms. The van der Waals surface area contributed by atoms with Gasteiger partial charge in [0.05, 0.1) is 22.5 Å². The molecule has 0 aliphatic carbocycles. The first-order valence-corrected chi connectivity index (χ1v) is 11.6. The maximum Gasteiger partial charge on any atom is 0.274 e. The van der Waals surface area contributed by atoms with E-state index in [0.717, 1.165) is 61.5 Å². The normalized spacial score (nSPS) is 21.7. The molecule has 3 aromatic heterocycles. The molecule has 9 nitrogen and oxygen atoms in total. The van der Waals surface area contributed by atoms with Crippen molar-refractivity contribution in [2.24, 2.45) is 12.8 Å². The van der Waals surface area contributed by atoms with Gasteiger partial charge in [-0.15, -0.1) is 0 Å². The largest absolute Gasteiger partial charge is 0.355 e. The topological polar surface area (TPSA) is 97.6 Å². The van der Waals surface area contributed by atoms with Crippen LogP contribution in [0.2, 0.25) is 5.02 Å². The smallest absolute Gasteiger partial charge is 0.274 e. The second-order valence-electron chi connectivity index (χ2n) is 9.00. The lowest BCUT2D eigenvalue weighted by molar-refractivity contribution is 0.0594. The third-order valence-electron chi connectivity index (χ3n) is 6.61. The van der Waals surface area contributed by atoms with Crippen LogP contribution in [0, 0.1) is 13.8 Å². The molecule has 0 radical (unpaired) electrons. The van der Waals surface area contributed by atoms with Gasteiger partial charge in [-0.25, -0.2) is 9.50 Å². The number of hydrogen-bond donors (Lipinski definition) is 1. The number of likely N-dealkylation sites (tertiary alicyclic amines) is 1. The van der Waals surface area contributed by atoms with Crippen molar-refractivity contribution >= 4 is 29.0 Å². The maximum absolute atomic E-state index is 13.5. The van der Waals surface area contributed by atoms with Crippen molar-refractivity contribution in [1.29, 1.82) is 0 Å². The van der Waals surface area contributed by atoms with Gasteiger partial charge in [0.25, 0.3) is 5.91 Å². The number of carbonyl (C=O) groups excluding carboxylic acids is 1. The highest BCUT2D eigenvalue weighted by Crippen LogP contribution is 2.34. The molecule has 170 valence electrons. The molecule has 0 spiro atoms. The molecule has 3 aromatic rings. The van der Waals surface area contributed by atoms with E-state index in [2.05, 4.69) is 16.9 Å². The van der Waals surface area contributed by atoms with Gasteiger partial charge in [0, 0.05) is 50.6 Å². The van der Waals surface area contributed by atoms with Gasteiger partial charge in [-0.3, -0.25) is 9.48 Å². The zero-order valence-electron chi connectivity index (χ0n) is 18.8. The predicted molar refractivity (Wildman–Crippen MR) is 123 cm³/mol. The number of amides is 1. The van der Waals surface area contributed by atoms with E-state index in [9.17, 15) is 4.79 Å². The summed E-state index contributed by atoms with van der Waals surface area (Å²) in [7, 11) is 1.76. The number of hydrogen-bond acceptors (Lipinski definition) is 6. The molecular weight excluding hydrogens is 428 g/mol. The summed E-state index contributed by atoms with van der Waals surface area (Å²) in [6.07, 6.45) is 5.86. The van der Waals surface area contributed by atoms with Gasteiger partial charge in [-0.05, 0) is 39.5 Å². The highest BCUT2D eigenvalue weighted by atomic mass is 35.5. The van der Waals surface area contributed by atoms with E-state index in [1.807, 2.05) is 28.6 Å². The van der Waals surface area contributed by atoms with Crippen molar-refractivity contribution in [2.45, 2.75) is 51.6 Å². The molecular formula is C22H29ClN8O. The Morgan fingerprint density at radius 1 is 1.19 bits per heavy atom. The van der Waals surface area contributed by atoms with Crippen molar-refractivity contribution in [2.75, 3.05) is 24.5 Å². The Morgan fingerprint density at radius 2 is 2.00 bits per heavy atom. The summed E-state index contributed by atoms with van der Waals surface area (Å²) in [6.45, 7) is 6.27. The van der Waals surface area contributed by atoms with Gasteiger partial charge in [0.15, 0.2) is 5.65 Å². The molecule has 0 unspecified atom stereocenters. The van der Waals surface area contributed by atoms with Crippen LogP contribution in [0.3, 0.4) is 0 Å². The van der Waals surface area contributed by atoms with Crippen LogP contribution in [0.5, 0.6) is 0 Å². The molecule has 2 aliphatic heterocycles. The standard InChI is InChI=1S/C22H29ClN8O/c1-13-11-31-18(25-21(13)29-9-7-15(24)12-29)10-16(27-31)17-6-4-5-8-30(17)22(32)20-19(23)14(2)26-28(20)3/h10-11,15,17H,4-9,12,24H2,1-3H3/t15-,17-/m0/s1. The van der Waals surface area contributed by atoms with Gasteiger partial charge in [0.2, 0.25) is 0 Å². The van der Waals surface area contributed by atoms with Crippen molar-refractivity contribution in [3.63, 3.8) is 0 Å². The molecule has 0 bridgehead atoms. The molecule has 2 fully saturated rings. The zero-order chi connectivity index (χ0) is 22.6. The summed E-state index contributed by atoms with van der Waals surface area (Å²) in [4.78, 5) is 22.5. The average Bonchev–Trinajstić information content (AvgIpc) is 3.44. The van der Waals surface area contributed by atoms with E-state index in [1.165, 1.54) is 0 Å². The minimum absolute atomic E-state index is 0.101. The Labute approximate surface area is 192 Å². The number of nitrogens with zero attached hydrogens (tertiary/aromatic N) is 7. The molecule has 2 aliphatic rings. The maximum atomic E-state index is 13.5. The van der Waals surface area contributed by atoms with Crippen molar-refractivity contribution in [3.05, 3.63) is 39.9 Å². The first-order valence-electron chi connectivity index (χ1n) is 11.2. The summed E-state index contributed by atoms with van der Waals surface area (Å²) in [5, 5.41) is 9.55. The molecule has 2 atom stereocenters. The minimum atomic E-state index is -0.117. The number of piperidine rings is 1. The fourth-order valence-electron chi connectivity index (χ4n) is 4.96. The molecule has 5 rings (SSSR count). The Kier molecular flexibility index (Phi) is 5.33. The van der Waals surface area contributed by atoms with E-state index in [4.69, 9.17) is 27.4 Å². The van der Waals surface area contributed by atoms with Crippen LogP contribution in [0.4, 0.5) is 5.82 Å². The van der Waals surface area contributed by atoms with E-state index in [-0.39, 0.29) is 18.0 Å². The number of aryl methyl sites for hydroxylation is 3. The molecule has 0 saturated carbocycles.